The van der Waals surface area contributed by atoms with E-state index < -0.39 is 17.9 Å². The van der Waals surface area contributed by atoms with Crippen LogP contribution < -0.4 is 0 Å². The SMILES string of the molecule is CCOC(=O)C(CC(C)c1cccs1)C(=O)O. The van der Waals surface area contributed by atoms with Crippen molar-refractivity contribution in [1.82, 2.24) is 0 Å². The van der Waals surface area contributed by atoms with E-state index in [9.17, 15) is 9.59 Å². The first-order chi connectivity index (χ1) is 8.06. The number of carboxylic acids is 1. The number of rotatable bonds is 6. The van der Waals surface area contributed by atoms with Gasteiger partial charge in [-0.1, -0.05) is 13.0 Å². The van der Waals surface area contributed by atoms with Gasteiger partial charge in [0.15, 0.2) is 5.92 Å². The van der Waals surface area contributed by atoms with Crippen LogP contribution >= 0.6 is 11.3 Å². The fourth-order valence-corrected chi connectivity index (χ4v) is 2.38. The Morgan fingerprint density at radius 1 is 1.53 bits per heavy atom. The van der Waals surface area contributed by atoms with Gasteiger partial charge in [0.05, 0.1) is 6.61 Å². The molecule has 1 heterocycles. The van der Waals surface area contributed by atoms with Crippen molar-refractivity contribution in [3.63, 3.8) is 0 Å². The molecule has 0 saturated carbocycles. The van der Waals surface area contributed by atoms with E-state index in [-0.39, 0.29) is 18.9 Å². The molecule has 1 rings (SSSR count). The zero-order valence-corrected chi connectivity index (χ0v) is 10.7. The first-order valence-electron chi connectivity index (χ1n) is 5.49. The Kier molecular flexibility index (Phi) is 5.15. The lowest BCUT2D eigenvalue weighted by Gasteiger charge is -2.15. The van der Waals surface area contributed by atoms with Crippen molar-refractivity contribution >= 4 is 23.3 Å². The highest BCUT2D eigenvalue weighted by Crippen LogP contribution is 2.27. The highest BCUT2D eigenvalue weighted by Gasteiger charge is 2.30. The molecular formula is C12H16O4S. The predicted octanol–water partition coefficient (Wildman–Crippen LogP) is 2.51. The number of carbonyl (C=O) groups is 2. The van der Waals surface area contributed by atoms with Gasteiger partial charge in [0.2, 0.25) is 0 Å². The summed E-state index contributed by atoms with van der Waals surface area (Å²) in [6, 6.07) is 3.86. The van der Waals surface area contributed by atoms with E-state index in [4.69, 9.17) is 9.84 Å². The van der Waals surface area contributed by atoms with Gasteiger partial charge < -0.3 is 9.84 Å². The molecule has 0 aliphatic heterocycles. The summed E-state index contributed by atoms with van der Waals surface area (Å²) >= 11 is 1.56. The van der Waals surface area contributed by atoms with Crippen LogP contribution in [0.5, 0.6) is 0 Å². The van der Waals surface area contributed by atoms with Gasteiger partial charge in [0.25, 0.3) is 0 Å². The Bertz CT molecular complexity index is 372. The third-order valence-electron chi connectivity index (χ3n) is 2.49. The molecule has 0 aliphatic rings. The molecule has 0 bridgehead atoms. The lowest BCUT2D eigenvalue weighted by molar-refractivity contribution is -0.158. The average Bonchev–Trinajstić information content (AvgIpc) is 2.78. The first kappa shape index (κ1) is 13.7. The van der Waals surface area contributed by atoms with E-state index in [1.165, 1.54) is 0 Å². The van der Waals surface area contributed by atoms with E-state index in [2.05, 4.69) is 0 Å². The first-order valence-corrected chi connectivity index (χ1v) is 6.37. The van der Waals surface area contributed by atoms with Gasteiger partial charge in [-0.2, -0.15) is 0 Å². The van der Waals surface area contributed by atoms with E-state index in [0.717, 1.165) is 4.88 Å². The maximum absolute atomic E-state index is 11.5. The molecule has 1 aromatic heterocycles. The third kappa shape index (κ3) is 3.85. The number of thiophene rings is 1. The maximum Gasteiger partial charge on any atom is 0.320 e. The molecule has 0 aromatic carbocycles. The molecule has 0 radical (unpaired) electrons. The van der Waals surface area contributed by atoms with Gasteiger partial charge in [-0.05, 0) is 30.7 Å². The lowest BCUT2D eigenvalue weighted by Crippen LogP contribution is -2.27. The van der Waals surface area contributed by atoms with Crippen molar-refractivity contribution in [2.45, 2.75) is 26.2 Å². The fraction of sp³-hybridized carbons (Fsp3) is 0.500. The van der Waals surface area contributed by atoms with Crippen LogP contribution in [0.2, 0.25) is 0 Å². The molecule has 0 fully saturated rings. The third-order valence-corrected chi connectivity index (χ3v) is 3.59. The second-order valence-corrected chi connectivity index (χ2v) is 4.77. The van der Waals surface area contributed by atoms with Crippen LogP contribution in [0, 0.1) is 5.92 Å². The summed E-state index contributed by atoms with van der Waals surface area (Å²) < 4.78 is 4.77. The van der Waals surface area contributed by atoms with Crippen LogP contribution in [0.1, 0.15) is 31.1 Å². The maximum atomic E-state index is 11.5. The molecule has 2 atom stereocenters. The van der Waals surface area contributed by atoms with Gasteiger partial charge >= 0.3 is 11.9 Å². The van der Waals surface area contributed by atoms with Gasteiger partial charge in [0.1, 0.15) is 0 Å². The number of carbonyl (C=O) groups excluding carboxylic acids is 1. The second-order valence-electron chi connectivity index (χ2n) is 3.80. The molecule has 1 N–H and O–H groups in total. The number of hydrogen-bond acceptors (Lipinski definition) is 4. The van der Waals surface area contributed by atoms with Gasteiger partial charge in [-0.25, -0.2) is 0 Å². The number of ether oxygens (including phenoxy) is 1. The molecule has 1 aromatic rings. The predicted molar refractivity (Wildman–Crippen MR) is 65.1 cm³/mol. The monoisotopic (exact) mass is 256 g/mol. The van der Waals surface area contributed by atoms with Crippen LogP contribution in [0.25, 0.3) is 0 Å². The minimum Gasteiger partial charge on any atom is -0.481 e. The summed E-state index contributed by atoms with van der Waals surface area (Å²) in [6.07, 6.45) is 0.272. The molecule has 0 spiro atoms. The minimum atomic E-state index is -1.12. The quantitative estimate of drug-likeness (QED) is 0.627. The van der Waals surface area contributed by atoms with Crippen molar-refractivity contribution in [2.24, 2.45) is 5.92 Å². The minimum absolute atomic E-state index is 0.0421. The van der Waals surface area contributed by atoms with Crippen molar-refractivity contribution in [3.8, 4) is 0 Å². The number of esters is 1. The van der Waals surface area contributed by atoms with E-state index in [0.29, 0.717) is 0 Å². The molecule has 0 amide bonds. The normalized spacial score (nSPS) is 14.0. The van der Waals surface area contributed by atoms with Gasteiger partial charge in [-0.15, -0.1) is 11.3 Å². The number of aliphatic carboxylic acids is 1. The Morgan fingerprint density at radius 3 is 2.71 bits per heavy atom. The Labute approximate surface area is 104 Å². The van der Waals surface area contributed by atoms with Crippen LogP contribution in [0.3, 0.4) is 0 Å². The van der Waals surface area contributed by atoms with E-state index in [1.54, 1.807) is 18.3 Å². The summed E-state index contributed by atoms with van der Waals surface area (Å²) in [5.41, 5.74) is 0. The van der Waals surface area contributed by atoms with E-state index >= 15 is 0 Å². The molecule has 2 unspecified atom stereocenters. The van der Waals surface area contributed by atoms with Gasteiger partial charge in [0, 0.05) is 4.88 Å². The molecule has 4 nitrogen and oxygen atoms in total. The van der Waals surface area contributed by atoms with Crippen LogP contribution in [0.15, 0.2) is 17.5 Å². The van der Waals surface area contributed by atoms with Gasteiger partial charge in [-0.3, -0.25) is 9.59 Å². The summed E-state index contributed by atoms with van der Waals surface area (Å²) in [6.45, 7) is 3.79. The fourth-order valence-electron chi connectivity index (χ4n) is 1.58. The Balaban J connectivity index is 2.67. The smallest absolute Gasteiger partial charge is 0.320 e. The Morgan fingerprint density at radius 2 is 2.24 bits per heavy atom. The highest BCUT2D eigenvalue weighted by molar-refractivity contribution is 7.10. The van der Waals surface area contributed by atoms with Crippen molar-refractivity contribution in [1.29, 1.82) is 0 Å². The molecular weight excluding hydrogens is 240 g/mol. The molecule has 0 aliphatic carbocycles. The standard InChI is InChI=1S/C12H16O4S/c1-3-16-12(15)9(11(13)14)7-8(2)10-5-4-6-17-10/h4-6,8-9H,3,7H2,1-2H3,(H,13,14). The largest absolute Gasteiger partial charge is 0.481 e. The van der Waals surface area contributed by atoms with Crippen molar-refractivity contribution < 1.29 is 19.4 Å². The summed E-state index contributed by atoms with van der Waals surface area (Å²) in [4.78, 5) is 23.6. The zero-order chi connectivity index (χ0) is 12.8. The summed E-state index contributed by atoms with van der Waals surface area (Å²) in [5, 5.41) is 11.0. The lowest BCUT2D eigenvalue weighted by atomic mass is 9.95. The zero-order valence-electron chi connectivity index (χ0n) is 9.88. The second kappa shape index (κ2) is 6.39. The average molecular weight is 256 g/mol. The van der Waals surface area contributed by atoms with Crippen LogP contribution in [0.4, 0.5) is 0 Å². The van der Waals surface area contributed by atoms with Crippen molar-refractivity contribution in [2.75, 3.05) is 6.61 Å². The van der Waals surface area contributed by atoms with Crippen LogP contribution in [-0.4, -0.2) is 23.7 Å². The number of hydrogen-bond donors (Lipinski definition) is 1. The summed E-state index contributed by atoms with van der Waals surface area (Å²) in [5.74, 6) is -2.80. The summed E-state index contributed by atoms with van der Waals surface area (Å²) in [7, 11) is 0. The number of carboxylic acid groups (broad SMARTS) is 1. The van der Waals surface area contributed by atoms with Crippen LogP contribution in [-0.2, 0) is 14.3 Å². The topological polar surface area (TPSA) is 63.6 Å². The van der Waals surface area contributed by atoms with Crippen molar-refractivity contribution in [3.05, 3.63) is 22.4 Å². The van der Waals surface area contributed by atoms with E-state index in [1.807, 2.05) is 24.4 Å². The molecule has 94 valence electrons. The Hall–Kier alpha value is -1.36. The molecule has 5 heteroatoms. The molecule has 0 saturated heterocycles. The highest BCUT2D eigenvalue weighted by atomic mass is 32.1. The molecule has 17 heavy (non-hydrogen) atoms.